The second-order valence-corrected chi connectivity index (χ2v) is 8.80. The molecule has 0 aliphatic heterocycles. The van der Waals surface area contributed by atoms with E-state index in [1.807, 2.05) is 4.72 Å². The van der Waals surface area contributed by atoms with Crippen LogP contribution < -0.4 is 4.72 Å². The predicted molar refractivity (Wildman–Crippen MR) is 86.2 cm³/mol. The smallest absolute Gasteiger partial charge is 0.264 e. The molecule has 0 fully saturated rings. The van der Waals surface area contributed by atoms with Gasteiger partial charge in [0.05, 0.1) is 10.6 Å². The third-order valence-electron chi connectivity index (χ3n) is 3.12. The standard InChI is InChI=1S/C14H15FN2O5S2/c1-17(2)24(21,22)10-7-8-13(18)12(9-10)16-23(19,20)14-6-4-3-5-11(14)15/h3-9,16,18H,1-2H3. The molecule has 2 N–H and O–H groups in total. The number of rotatable bonds is 5. The van der Waals surface area contributed by atoms with Crippen LogP contribution >= 0.6 is 0 Å². The van der Waals surface area contributed by atoms with Crippen LogP contribution in [0.1, 0.15) is 0 Å². The number of benzene rings is 2. The van der Waals surface area contributed by atoms with Crippen molar-refractivity contribution in [2.75, 3.05) is 18.8 Å². The lowest BCUT2D eigenvalue weighted by Crippen LogP contribution is -2.22. The monoisotopic (exact) mass is 374 g/mol. The summed E-state index contributed by atoms with van der Waals surface area (Å²) in [6.07, 6.45) is 0. The van der Waals surface area contributed by atoms with Crippen LogP contribution in [0.25, 0.3) is 0 Å². The lowest BCUT2D eigenvalue weighted by Gasteiger charge is -2.14. The average molecular weight is 374 g/mol. The molecule has 2 aromatic carbocycles. The molecular weight excluding hydrogens is 359 g/mol. The molecule has 0 unspecified atom stereocenters. The fraction of sp³-hybridized carbons (Fsp3) is 0.143. The van der Waals surface area contributed by atoms with Gasteiger partial charge in [-0.05, 0) is 30.3 Å². The fourth-order valence-corrected chi connectivity index (χ4v) is 3.90. The van der Waals surface area contributed by atoms with Crippen LogP contribution in [0.2, 0.25) is 0 Å². The van der Waals surface area contributed by atoms with Crippen molar-refractivity contribution in [1.82, 2.24) is 4.31 Å². The van der Waals surface area contributed by atoms with Gasteiger partial charge in [0.25, 0.3) is 10.0 Å². The molecule has 2 aromatic rings. The van der Waals surface area contributed by atoms with E-state index in [2.05, 4.69) is 0 Å². The van der Waals surface area contributed by atoms with Crippen LogP contribution in [-0.2, 0) is 20.0 Å². The van der Waals surface area contributed by atoms with E-state index in [-0.39, 0.29) is 10.6 Å². The van der Waals surface area contributed by atoms with Gasteiger partial charge in [0.15, 0.2) is 0 Å². The SMILES string of the molecule is CN(C)S(=O)(=O)c1ccc(O)c(NS(=O)(=O)c2ccccc2F)c1. The summed E-state index contributed by atoms with van der Waals surface area (Å²) in [4.78, 5) is -0.846. The Morgan fingerprint density at radius 2 is 1.67 bits per heavy atom. The quantitative estimate of drug-likeness (QED) is 0.774. The summed E-state index contributed by atoms with van der Waals surface area (Å²) in [6.45, 7) is 0. The van der Waals surface area contributed by atoms with Crippen molar-refractivity contribution in [3.63, 3.8) is 0 Å². The Morgan fingerprint density at radius 3 is 2.25 bits per heavy atom. The number of nitrogens with zero attached hydrogens (tertiary/aromatic N) is 1. The number of hydrogen-bond donors (Lipinski definition) is 2. The third kappa shape index (κ3) is 3.50. The van der Waals surface area contributed by atoms with Crippen LogP contribution in [0.5, 0.6) is 5.75 Å². The maximum atomic E-state index is 13.7. The maximum absolute atomic E-state index is 13.7. The zero-order valence-corrected chi connectivity index (χ0v) is 14.4. The summed E-state index contributed by atoms with van der Waals surface area (Å²) in [5.41, 5.74) is -0.374. The molecule has 0 spiro atoms. The zero-order valence-electron chi connectivity index (χ0n) is 12.8. The van der Waals surface area contributed by atoms with Gasteiger partial charge in [-0.2, -0.15) is 0 Å². The van der Waals surface area contributed by atoms with E-state index < -0.39 is 36.5 Å². The Balaban J connectivity index is 2.49. The van der Waals surface area contributed by atoms with Crippen molar-refractivity contribution in [3.8, 4) is 5.75 Å². The highest BCUT2D eigenvalue weighted by Crippen LogP contribution is 2.29. The number of anilines is 1. The minimum absolute atomic E-state index is 0.225. The molecule has 0 heterocycles. The molecule has 130 valence electrons. The van der Waals surface area contributed by atoms with Gasteiger partial charge < -0.3 is 5.11 Å². The van der Waals surface area contributed by atoms with E-state index in [0.29, 0.717) is 0 Å². The number of hydrogen-bond acceptors (Lipinski definition) is 5. The van der Waals surface area contributed by atoms with Gasteiger partial charge in [-0.1, -0.05) is 12.1 Å². The summed E-state index contributed by atoms with van der Waals surface area (Å²) in [5.74, 6) is -1.46. The molecule has 0 atom stereocenters. The van der Waals surface area contributed by atoms with Crippen molar-refractivity contribution in [2.24, 2.45) is 0 Å². The minimum atomic E-state index is -4.34. The molecule has 0 radical (unpaired) electrons. The third-order valence-corrected chi connectivity index (χ3v) is 6.33. The lowest BCUT2D eigenvalue weighted by atomic mass is 10.3. The molecule has 0 aliphatic rings. The van der Waals surface area contributed by atoms with Crippen LogP contribution in [0, 0.1) is 5.82 Å². The normalized spacial score (nSPS) is 12.3. The highest BCUT2D eigenvalue weighted by Gasteiger charge is 2.23. The Bertz CT molecular complexity index is 972. The molecule has 0 bridgehead atoms. The van der Waals surface area contributed by atoms with Gasteiger partial charge >= 0.3 is 0 Å². The number of halogens is 1. The van der Waals surface area contributed by atoms with Gasteiger partial charge in [0.2, 0.25) is 10.0 Å². The number of phenols is 1. The summed E-state index contributed by atoms with van der Waals surface area (Å²) in [6, 6.07) is 7.82. The molecule has 0 aliphatic carbocycles. The number of nitrogens with one attached hydrogen (secondary N) is 1. The maximum Gasteiger partial charge on any atom is 0.264 e. The zero-order chi connectivity index (χ0) is 18.1. The van der Waals surface area contributed by atoms with Gasteiger partial charge in [-0.15, -0.1) is 0 Å². The van der Waals surface area contributed by atoms with Crippen LogP contribution in [0.3, 0.4) is 0 Å². The Morgan fingerprint density at radius 1 is 1.04 bits per heavy atom. The Kier molecular flexibility index (Phi) is 4.83. The molecule has 0 aromatic heterocycles. The first-order valence-corrected chi connectivity index (χ1v) is 9.51. The molecule has 0 saturated heterocycles. The second kappa shape index (κ2) is 6.38. The number of sulfonamides is 2. The second-order valence-electron chi connectivity index (χ2n) is 5.00. The van der Waals surface area contributed by atoms with Gasteiger partial charge in [0.1, 0.15) is 16.5 Å². The highest BCUT2D eigenvalue weighted by molar-refractivity contribution is 7.92. The van der Waals surface area contributed by atoms with E-state index >= 15 is 0 Å². The molecular formula is C14H15FN2O5S2. The summed E-state index contributed by atoms with van der Waals surface area (Å²) < 4.78 is 65.3. The van der Waals surface area contributed by atoms with Crippen LogP contribution in [-0.4, -0.2) is 40.3 Å². The first-order valence-electron chi connectivity index (χ1n) is 6.58. The van der Waals surface area contributed by atoms with E-state index in [1.54, 1.807) is 0 Å². The van der Waals surface area contributed by atoms with Gasteiger partial charge in [0, 0.05) is 14.1 Å². The van der Waals surface area contributed by atoms with Crippen molar-refractivity contribution < 1.29 is 26.3 Å². The van der Waals surface area contributed by atoms with Crippen molar-refractivity contribution >= 4 is 25.7 Å². The first-order chi connectivity index (χ1) is 11.1. The van der Waals surface area contributed by atoms with Crippen molar-refractivity contribution in [3.05, 3.63) is 48.3 Å². The first kappa shape index (κ1) is 18.2. The van der Waals surface area contributed by atoms with E-state index in [4.69, 9.17) is 0 Å². The lowest BCUT2D eigenvalue weighted by molar-refractivity contribution is 0.476. The van der Waals surface area contributed by atoms with Crippen molar-refractivity contribution in [2.45, 2.75) is 9.79 Å². The predicted octanol–water partition coefficient (Wildman–Crippen LogP) is 1.58. The molecule has 2 rings (SSSR count). The van der Waals surface area contributed by atoms with Gasteiger partial charge in [-0.25, -0.2) is 25.5 Å². The fourth-order valence-electron chi connectivity index (χ4n) is 1.83. The van der Waals surface area contributed by atoms with Crippen molar-refractivity contribution in [1.29, 1.82) is 0 Å². The molecule has 0 saturated carbocycles. The van der Waals surface area contributed by atoms with E-state index in [9.17, 15) is 26.3 Å². The summed E-state index contributed by atoms with van der Waals surface area (Å²) in [7, 11) is -5.55. The van der Waals surface area contributed by atoms with Crippen LogP contribution in [0.15, 0.2) is 52.3 Å². The van der Waals surface area contributed by atoms with Gasteiger partial charge in [-0.3, -0.25) is 4.72 Å². The average Bonchev–Trinajstić information content (AvgIpc) is 2.49. The topological polar surface area (TPSA) is 104 Å². The van der Waals surface area contributed by atoms with E-state index in [0.717, 1.165) is 34.6 Å². The Labute approximate surface area is 139 Å². The summed E-state index contributed by atoms with van der Waals surface area (Å²) in [5, 5.41) is 9.79. The highest BCUT2D eigenvalue weighted by atomic mass is 32.2. The van der Waals surface area contributed by atoms with E-state index in [1.165, 1.54) is 26.2 Å². The molecule has 10 heteroatoms. The molecule has 0 amide bonds. The largest absolute Gasteiger partial charge is 0.506 e. The summed E-state index contributed by atoms with van der Waals surface area (Å²) >= 11 is 0. The minimum Gasteiger partial charge on any atom is -0.506 e. The van der Waals surface area contributed by atoms with Crippen LogP contribution in [0.4, 0.5) is 10.1 Å². The number of aromatic hydroxyl groups is 1. The number of phenolic OH excluding ortho intramolecular Hbond substituents is 1. The Hall–Kier alpha value is -2.17. The molecule has 7 nitrogen and oxygen atoms in total. The molecule has 24 heavy (non-hydrogen) atoms.